The monoisotopic (exact) mass is 296 g/mol. The fourth-order valence-electron chi connectivity index (χ4n) is 1.33. The molecule has 0 atom stereocenters. The van der Waals surface area contributed by atoms with E-state index in [-0.39, 0.29) is 6.42 Å². The van der Waals surface area contributed by atoms with Crippen molar-refractivity contribution in [1.29, 1.82) is 0 Å². The summed E-state index contributed by atoms with van der Waals surface area (Å²) in [5.74, 6) is 0. The first-order valence-corrected chi connectivity index (χ1v) is 6.01. The van der Waals surface area contributed by atoms with Gasteiger partial charge in [-0.3, -0.25) is 0 Å². The molecule has 0 saturated carbocycles. The van der Waals surface area contributed by atoms with Gasteiger partial charge in [0.05, 0.1) is 0 Å². The first-order chi connectivity index (χ1) is 8.64. The number of hydrogen-bond donors (Lipinski definition) is 0. The molecule has 0 aliphatic rings. The Labute approximate surface area is 108 Å². The van der Waals surface area contributed by atoms with Gasteiger partial charge in [-0.1, -0.05) is 26.2 Å². The van der Waals surface area contributed by atoms with E-state index in [2.05, 4.69) is 9.47 Å². The average Bonchev–Trinajstić information content (AvgIpc) is 2.24. The highest BCUT2D eigenvalue weighted by Crippen LogP contribution is 2.21. The van der Waals surface area contributed by atoms with Gasteiger partial charge in [0.25, 0.3) is 0 Å². The van der Waals surface area contributed by atoms with Crippen LogP contribution in [-0.2, 0) is 9.47 Å². The Kier molecular flexibility index (Phi) is 8.40. The minimum Gasteiger partial charge on any atom is -0.343 e. The second-order valence-electron chi connectivity index (χ2n) is 4.13. The molecule has 0 aliphatic carbocycles. The van der Waals surface area contributed by atoms with Gasteiger partial charge in [0, 0.05) is 0 Å². The van der Waals surface area contributed by atoms with E-state index < -0.39 is 31.9 Å². The SMILES string of the molecule is CCCCCCC(OCC(F)(F)F)OCC(F)(F)F. The van der Waals surface area contributed by atoms with E-state index >= 15 is 0 Å². The molecule has 0 heterocycles. The third-order valence-corrected chi connectivity index (χ3v) is 2.16. The van der Waals surface area contributed by atoms with Gasteiger partial charge in [-0.05, 0) is 12.8 Å². The van der Waals surface area contributed by atoms with E-state index in [0.29, 0.717) is 6.42 Å². The van der Waals surface area contributed by atoms with Gasteiger partial charge >= 0.3 is 12.4 Å². The van der Waals surface area contributed by atoms with Gasteiger partial charge in [-0.25, -0.2) is 0 Å². The van der Waals surface area contributed by atoms with E-state index in [4.69, 9.17) is 0 Å². The van der Waals surface area contributed by atoms with Crippen molar-refractivity contribution in [3.8, 4) is 0 Å². The molecule has 116 valence electrons. The lowest BCUT2D eigenvalue weighted by Crippen LogP contribution is -2.29. The van der Waals surface area contributed by atoms with Gasteiger partial charge in [0.15, 0.2) is 6.29 Å². The van der Waals surface area contributed by atoms with Crippen LogP contribution in [0.2, 0.25) is 0 Å². The highest BCUT2D eigenvalue weighted by Gasteiger charge is 2.32. The molecule has 0 unspecified atom stereocenters. The molecule has 0 rings (SSSR count). The van der Waals surface area contributed by atoms with Gasteiger partial charge in [-0.2, -0.15) is 26.3 Å². The highest BCUT2D eigenvalue weighted by molar-refractivity contribution is 4.54. The molecule has 19 heavy (non-hydrogen) atoms. The molecule has 0 fully saturated rings. The smallest absolute Gasteiger partial charge is 0.343 e. The zero-order chi connectivity index (χ0) is 14.9. The van der Waals surface area contributed by atoms with Crippen LogP contribution in [0.4, 0.5) is 26.3 Å². The average molecular weight is 296 g/mol. The van der Waals surface area contributed by atoms with Crippen LogP contribution in [0.15, 0.2) is 0 Å². The van der Waals surface area contributed by atoms with E-state index in [9.17, 15) is 26.3 Å². The molecule has 0 N–H and O–H groups in total. The van der Waals surface area contributed by atoms with Crippen molar-refractivity contribution in [3.63, 3.8) is 0 Å². The molecule has 0 aromatic carbocycles. The minimum atomic E-state index is -4.58. The van der Waals surface area contributed by atoms with Crippen molar-refractivity contribution in [2.75, 3.05) is 13.2 Å². The zero-order valence-electron chi connectivity index (χ0n) is 10.6. The van der Waals surface area contributed by atoms with Crippen molar-refractivity contribution in [1.82, 2.24) is 0 Å². The first-order valence-electron chi connectivity index (χ1n) is 6.01. The van der Waals surface area contributed by atoms with Gasteiger partial charge in [0.1, 0.15) is 13.2 Å². The molecule has 2 nitrogen and oxygen atoms in total. The molecule has 0 radical (unpaired) electrons. The summed E-state index contributed by atoms with van der Waals surface area (Å²) in [5.41, 5.74) is 0. The standard InChI is InChI=1S/C11H18F6O2/c1-2-3-4-5-6-9(18-7-10(12,13)14)19-8-11(15,16)17/h9H,2-8H2,1H3. The Hall–Kier alpha value is -0.500. The van der Waals surface area contributed by atoms with Crippen LogP contribution >= 0.6 is 0 Å². The molecule has 0 spiro atoms. The maximum atomic E-state index is 11.9. The summed E-state index contributed by atoms with van der Waals surface area (Å²) in [5, 5.41) is 0. The summed E-state index contributed by atoms with van der Waals surface area (Å²) in [7, 11) is 0. The molecule has 0 amide bonds. The van der Waals surface area contributed by atoms with Crippen LogP contribution < -0.4 is 0 Å². The largest absolute Gasteiger partial charge is 0.411 e. The van der Waals surface area contributed by atoms with Crippen molar-refractivity contribution in [3.05, 3.63) is 0 Å². The van der Waals surface area contributed by atoms with Crippen molar-refractivity contribution < 1.29 is 35.8 Å². The normalized spacial score (nSPS) is 13.3. The zero-order valence-corrected chi connectivity index (χ0v) is 10.6. The Balaban J connectivity index is 4.07. The predicted molar refractivity (Wildman–Crippen MR) is 56.6 cm³/mol. The lowest BCUT2D eigenvalue weighted by atomic mass is 10.1. The van der Waals surface area contributed by atoms with Gasteiger partial charge in [0.2, 0.25) is 0 Å². The molecule has 0 saturated heterocycles. The van der Waals surface area contributed by atoms with E-state index in [1.807, 2.05) is 6.92 Å². The van der Waals surface area contributed by atoms with Gasteiger partial charge < -0.3 is 9.47 Å². The quantitative estimate of drug-likeness (QED) is 0.356. The van der Waals surface area contributed by atoms with Crippen LogP contribution in [0.1, 0.15) is 39.0 Å². The topological polar surface area (TPSA) is 18.5 Å². The summed E-state index contributed by atoms with van der Waals surface area (Å²) in [4.78, 5) is 0. The predicted octanol–water partition coefficient (Wildman–Crippen LogP) is 4.44. The maximum absolute atomic E-state index is 11.9. The number of halogens is 6. The van der Waals surface area contributed by atoms with E-state index in [1.165, 1.54) is 0 Å². The van der Waals surface area contributed by atoms with Crippen molar-refractivity contribution in [2.45, 2.75) is 57.7 Å². The second-order valence-corrected chi connectivity index (χ2v) is 4.13. The van der Waals surface area contributed by atoms with Crippen LogP contribution in [0.5, 0.6) is 0 Å². The Morgan fingerprint density at radius 2 is 1.26 bits per heavy atom. The number of rotatable bonds is 9. The molecular weight excluding hydrogens is 278 g/mol. The molecule has 0 aromatic rings. The van der Waals surface area contributed by atoms with E-state index in [1.54, 1.807) is 0 Å². The summed E-state index contributed by atoms with van der Waals surface area (Å²) in [6.45, 7) is -1.27. The van der Waals surface area contributed by atoms with Crippen LogP contribution in [0.25, 0.3) is 0 Å². The fraction of sp³-hybridized carbons (Fsp3) is 1.00. The number of alkyl halides is 6. The molecule has 8 heteroatoms. The summed E-state index contributed by atoms with van der Waals surface area (Å²) in [6, 6.07) is 0. The Morgan fingerprint density at radius 3 is 1.63 bits per heavy atom. The molecule has 0 aliphatic heterocycles. The van der Waals surface area contributed by atoms with Crippen molar-refractivity contribution in [2.24, 2.45) is 0 Å². The summed E-state index contributed by atoms with van der Waals surface area (Å²) >= 11 is 0. The van der Waals surface area contributed by atoms with Crippen molar-refractivity contribution >= 4 is 0 Å². The van der Waals surface area contributed by atoms with E-state index in [0.717, 1.165) is 19.3 Å². The van der Waals surface area contributed by atoms with Crippen LogP contribution in [-0.4, -0.2) is 31.9 Å². The third-order valence-electron chi connectivity index (χ3n) is 2.16. The minimum absolute atomic E-state index is 0.0200. The first kappa shape index (κ1) is 18.5. The van der Waals surface area contributed by atoms with Crippen LogP contribution in [0, 0.1) is 0 Å². The Morgan fingerprint density at radius 1 is 0.789 bits per heavy atom. The summed E-state index contributed by atoms with van der Waals surface area (Å²) in [6.07, 6.45) is -7.65. The maximum Gasteiger partial charge on any atom is 0.411 e. The molecular formula is C11H18F6O2. The number of hydrogen-bond acceptors (Lipinski definition) is 2. The Bertz CT molecular complexity index is 208. The fourth-order valence-corrected chi connectivity index (χ4v) is 1.33. The van der Waals surface area contributed by atoms with Gasteiger partial charge in [-0.15, -0.1) is 0 Å². The number of ether oxygens (including phenoxy) is 2. The molecule has 0 bridgehead atoms. The lowest BCUT2D eigenvalue weighted by Gasteiger charge is -2.20. The second kappa shape index (κ2) is 8.63. The lowest BCUT2D eigenvalue weighted by molar-refractivity contribution is -0.260. The third kappa shape index (κ3) is 13.7. The summed E-state index contributed by atoms with van der Waals surface area (Å²) < 4.78 is 80.3. The number of unbranched alkanes of at least 4 members (excludes halogenated alkanes) is 3. The van der Waals surface area contributed by atoms with Crippen LogP contribution in [0.3, 0.4) is 0 Å². The molecule has 0 aromatic heterocycles. The highest BCUT2D eigenvalue weighted by atomic mass is 19.4.